The summed E-state index contributed by atoms with van der Waals surface area (Å²) in [5.41, 5.74) is 3.81. The van der Waals surface area contributed by atoms with Gasteiger partial charge in [-0.1, -0.05) is 18.2 Å². The molecule has 0 atom stereocenters. The maximum atomic E-state index is 11.1. The molecule has 20 heavy (non-hydrogen) atoms. The molecule has 104 valence electrons. The number of para-hydroxylation sites is 1. The van der Waals surface area contributed by atoms with Gasteiger partial charge < -0.3 is 15.5 Å². The van der Waals surface area contributed by atoms with Crippen molar-refractivity contribution in [1.29, 1.82) is 0 Å². The van der Waals surface area contributed by atoms with E-state index >= 15 is 0 Å². The van der Waals surface area contributed by atoms with Crippen LogP contribution >= 0.6 is 0 Å². The summed E-state index contributed by atoms with van der Waals surface area (Å²) in [6.45, 7) is 2.59. The first-order valence-electron chi connectivity index (χ1n) is 6.64. The minimum atomic E-state index is 0.643. The number of amides is 1. The largest absolute Gasteiger partial charge is 0.386 e. The molecule has 0 fully saturated rings. The van der Waals surface area contributed by atoms with Crippen LogP contribution in [0.2, 0.25) is 0 Å². The summed E-state index contributed by atoms with van der Waals surface area (Å²) in [6, 6.07) is 15.9. The van der Waals surface area contributed by atoms with Gasteiger partial charge in [0.2, 0.25) is 6.41 Å². The standard InChI is InChI=1S/C16H19N3O/c1-3-19(12-20)16-10-9-14(11-15(16)17-2)18-13-7-5-4-6-8-13/h4-12,17-18H,3H2,1-2H3. The van der Waals surface area contributed by atoms with Gasteiger partial charge in [0.25, 0.3) is 0 Å². The van der Waals surface area contributed by atoms with Gasteiger partial charge in [0.1, 0.15) is 0 Å². The number of rotatable bonds is 6. The second-order valence-electron chi connectivity index (χ2n) is 4.36. The van der Waals surface area contributed by atoms with Gasteiger partial charge in [-0.15, -0.1) is 0 Å². The van der Waals surface area contributed by atoms with Crippen LogP contribution in [0.3, 0.4) is 0 Å². The first-order chi connectivity index (χ1) is 9.78. The maximum Gasteiger partial charge on any atom is 0.214 e. The minimum absolute atomic E-state index is 0.643. The Bertz CT molecular complexity index is 569. The summed E-state index contributed by atoms with van der Waals surface area (Å²) >= 11 is 0. The third-order valence-corrected chi connectivity index (χ3v) is 3.11. The molecule has 2 aromatic carbocycles. The zero-order valence-corrected chi connectivity index (χ0v) is 11.8. The first kappa shape index (κ1) is 13.9. The van der Waals surface area contributed by atoms with E-state index in [1.807, 2.05) is 62.5 Å². The molecule has 1 amide bonds. The summed E-state index contributed by atoms with van der Waals surface area (Å²) in [6.07, 6.45) is 0.848. The van der Waals surface area contributed by atoms with Crippen LogP contribution < -0.4 is 15.5 Å². The highest BCUT2D eigenvalue weighted by atomic mass is 16.1. The van der Waals surface area contributed by atoms with Crippen molar-refractivity contribution >= 4 is 29.2 Å². The van der Waals surface area contributed by atoms with Gasteiger partial charge in [0.15, 0.2) is 0 Å². The van der Waals surface area contributed by atoms with Crippen LogP contribution in [0.25, 0.3) is 0 Å². The fourth-order valence-corrected chi connectivity index (χ4v) is 2.05. The Balaban J connectivity index is 2.27. The van der Waals surface area contributed by atoms with E-state index < -0.39 is 0 Å². The van der Waals surface area contributed by atoms with E-state index in [1.165, 1.54) is 0 Å². The number of nitrogens with zero attached hydrogens (tertiary/aromatic N) is 1. The molecule has 0 spiro atoms. The molecule has 0 radical (unpaired) electrons. The second-order valence-corrected chi connectivity index (χ2v) is 4.36. The smallest absolute Gasteiger partial charge is 0.214 e. The van der Waals surface area contributed by atoms with Crippen molar-refractivity contribution in [3.05, 3.63) is 48.5 Å². The summed E-state index contributed by atoms with van der Waals surface area (Å²) in [7, 11) is 1.85. The molecular formula is C16H19N3O. The van der Waals surface area contributed by atoms with Crippen molar-refractivity contribution < 1.29 is 4.79 Å². The molecule has 0 aliphatic rings. The average Bonchev–Trinajstić information content (AvgIpc) is 2.50. The Hall–Kier alpha value is -2.49. The average molecular weight is 269 g/mol. The fourth-order valence-electron chi connectivity index (χ4n) is 2.05. The lowest BCUT2D eigenvalue weighted by atomic mass is 10.2. The maximum absolute atomic E-state index is 11.1. The van der Waals surface area contributed by atoms with Gasteiger partial charge in [0.05, 0.1) is 11.4 Å². The Morgan fingerprint density at radius 1 is 1.10 bits per heavy atom. The molecule has 2 N–H and O–H groups in total. The Kier molecular flexibility index (Phi) is 4.60. The Morgan fingerprint density at radius 2 is 1.85 bits per heavy atom. The SMILES string of the molecule is CCN(C=O)c1ccc(Nc2ccccc2)cc1NC. The molecule has 0 unspecified atom stereocenters. The molecule has 0 aliphatic heterocycles. The van der Waals surface area contributed by atoms with Gasteiger partial charge in [0, 0.05) is 25.0 Å². The molecule has 0 bridgehead atoms. The van der Waals surface area contributed by atoms with Crippen LogP contribution in [0.1, 0.15) is 6.92 Å². The van der Waals surface area contributed by atoms with Crippen molar-refractivity contribution in [3.8, 4) is 0 Å². The third kappa shape index (κ3) is 3.09. The number of carbonyl (C=O) groups excluding carboxylic acids is 1. The Morgan fingerprint density at radius 3 is 2.45 bits per heavy atom. The summed E-state index contributed by atoms with van der Waals surface area (Å²) in [5.74, 6) is 0. The lowest BCUT2D eigenvalue weighted by Gasteiger charge is -2.20. The highest BCUT2D eigenvalue weighted by Gasteiger charge is 2.09. The predicted octanol–water partition coefficient (Wildman–Crippen LogP) is 3.45. The highest BCUT2D eigenvalue weighted by molar-refractivity contribution is 5.85. The second kappa shape index (κ2) is 6.61. The number of hydrogen-bond donors (Lipinski definition) is 2. The molecule has 2 rings (SSSR count). The summed E-state index contributed by atoms with van der Waals surface area (Å²) in [5, 5.41) is 6.46. The molecule has 0 heterocycles. The van der Waals surface area contributed by atoms with Crippen LogP contribution in [-0.4, -0.2) is 20.0 Å². The van der Waals surface area contributed by atoms with Crippen molar-refractivity contribution in [2.24, 2.45) is 0 Å². The van der Waals surface area contributed by atoms with Crippen LogP contribution in [0.5, 0.6) is 0 Å². The molecule has 0 saturated heterocycles. The van der Waals surface area contributed by atoms with E-state index in [0.717, 1.165) is 29.2 Å². The number of hydrogen-bond acceptors (Lipinski definition) is 3. The minimum Gasteiger partial charge on any atom is -0.386 e. The Labute approximate surface area is 119 Å². The van der Waals surface area contributed by atoms with Gasteiger partial charge >= 0.3 is 0 Å². The predicted molar refractivity (Wildman–Crippen MR) is 84.8 cm³/mol. The van der Waals surface area contributed by atoms with Gasteiger partial charge in [-0.2, -0.15) is 0 Å². The molecule has 4 heteroatoms. The van der Waals surface area contributed by atoms with Crippen molar-refractivity contribution in [3.63, 3.8) is 0 Å². The lowest BCUT2D eigenvalue weighted by Crippen LogP contribution is -2.21. The quantitative estimate of drug-likeness (QED) is 0.789. The topological polar surface area (TPSA) is 44.4 Å². The third-order valence-electron chi connectivity index (χ3n) is 3.11. The van der Waals surface area contributed by atoms with Crippen LogP contribution in [0.4, 0.5) is 22.7 Å². The normalized spacial score (nSPS) is 9.90. The number of carbonyl (C=O) groups is 1. The van der Waals surface area contributed by atoms with Gasteiger partial charge in [-0.3, -0.25) is 4.79 Å². The van der Waals surface area contributed by atoms with E-state index in [2.05, 4.69) is 10.6 Å². The molecule has 0 saturated carbocycles. The summed E-state index contributed by atoms with van der Waals surface area (Å²) < 4.78 is 0. The monoisotopic (exact) mass is 269 g/mol. The lowest BCUT2D eigenvalue weighted by molar-refractivity contribution is -0.107. The van der Waals surface area contributed by atoms with Crippen LogP contribution in [0, 0.1) is 0 Å². The van der Waals surface area contributed by atoms with Gasteiger partial charge in [-0.05, 0) is 37.3 Å². The van der Waals surface area contributed by atoms with E-state index in [-0.39, 0.29) is 0 Å². The highest BCUT2D eigenvalue weighted by Crippen LogP contribution is 2.29. The van der Waals surface area contributed by atoms with Crippen molar-refractivity contribution in [2.75, 3.05) is 29.1 Å². The number of nitrogens with one attached hydrogen (secondary N) is 2. The zero-order valence-electron chi connectivity index (χ0n) is 11.8. The number of benzene rings is 2. The fraction of sp³-hybridized carbons (Fsp3) is 0.188. The molecule has 2 aromatic rings. The summed E-state index contributed by atoms with van der Waals surface area (Å²) in [4.78, 5) is 12.7. The zero-order chi connectivity index (χ0) is 14.4. The van der Waals surface area contributed by atoms with Crippen molar-refractivity contribution in [1.82, 2.24) is 0 Å². The van der Waals surface area contributed by atoms with Crippen LogP contribution in [0.15, 0.2) is 48.5 Å². The van der Waals surface area contributed by atoms with Crippen molar-refractivity contribution in [2.45, 2.75) is 6.92 Å². The van der Waals surface area contributed by atoms with E-state index in [4.69, 9.17) is 0 Å². The first-order valence-corrected chi connectivity index (χ1v) is 6.64. The van der Waals surface area contributed by atoms with E-state index in [0.29, 0.717) is 6.54 Å². The van der Waals surface area contributed by atoms with E-state index in [9.17, 15) is 4.79 Å². The van der Waals surface area contributed by atoms with Crippen LogP contribution in [-0.2, 0) is 4.79 Å². The van der Waals surface area contributed by atoms with Gasteiger partial charge in [-0.25, -0.2) is 0 Å². The molecule has 4 nitrogen and oxygen atoms in total. The van der Waals surface area contributed by atoms with E-state index in [1.54, 1.807) is 4.90 Å². The molecule has 0 aromatic heterocycles. The number of anilines is 4. The molecule has 0 aliphatic carbocycles. The molecular weight excluding hydrogens is 250 g/mol.